The molecule has 0 radical (unpaired) electrons. The summed E-state index contributed by atoms with van der Waals surface area (Å²) in [5.41, 5.74) is 1.89. The number of methoxy groups -OCH3 is 1. The van der Waals surface area contributed by atoms with Gasteiger partial charge in [0.25, 0.3) is 0 Å². The van der Waals surface area contributed by atoms with Crippen molar-refractivity contribution in [2.24, 2.45) is 0 Å². The van der Waals surface area contributed by atoms with Crippen LogP contribution < -0.4 is 20.7 Å². The Balaban J connectivity index is 1.55. The fraction of sp³-hybridized carbons (Fsp3) is 0.105. The van der Waals surface area contributed by atoms with Crippen LogP contribution in [0.3, 0.4) is 0 Å². The summed E-state index contributed by atoms with van der Waals surface area (Å²) < 4.78 is 19.4. The highest BCUT2D eigenvalue weighted by atomic mass is 35.5. The number of anilines is 5. The van der Waals surface area contributed by atoms with Gasteiger partial charge in [0.05, 0.1) is 29.8 Å². The number of benzene rings is 2. The number of halogens is 2. The molecule has 2 aromatic carbocycles. The molecule has 3 aromatic rings. The van der Waals surface area contributed by atoms with Crippen molar-refractivity contribution in [2.75, 3.05) is 28.8 Å². The Bertz CT molecular complexity index is 1100. The first-order valence-electron chi connectivity index (χ1n) is 8.48. The summed E-state index contributed by atoms with van der Waals surface area (Å²) in [6, 6.07) is 10.5. The van der Waals surface area contributed by atoms with E-state index in [9.17, 15) is 9.18 Å². The molecule has 148 valence electrons. The smallest absolute Gasteiger partial charge is 0.234 e. The van der Waals surface area contributed by atoms with Crippen LogP contribution in [0.25, 0.3) is 0 Å². The number of hydrogen-bond donors (Lipinski definition) is 3. The van der Waals surface area contributed by atoms with E-state index in [2.05, 4.69) is 25.9 Å². The topological polar surface area (TPSA) is 88.2 Å². The average Bonchev–Trinajstić information content (AvgIpc) is 2.70. The van der Waals surface area contributed by atoms with Crippen molar-refractivity contribution in [3.63, 3.8) is 0 Å². The molecule has 0 bridgehead atoms. The molecule has 1 aliphatic heterocycles. The quantitative estimate of drug-likeness (QED) is 0.534. The number of fused-ring (bicyclic) bond motifs is 1. The summed E-state index contributed by atoms with van der Waals surface area (Å²) >= 11 is 7.57. The van der Waals surface area contributed by atoms with Gasteiger partial charge in [-0.25, -0.2) is 9.37 Å². The minimum Gasteiger partial charge on any atom is -0.495 e. The predicted octanol–water partition coefficient (Wildman–Crippen LogP) is 4.81. The third-order valence-corrected chi connectivity index (χ3v) is 5.40. The van der Waals surface area contributed by atoms with Gasteiger partial charge in [-0.1, -0.05) is 11.6 Å². The fourth-order valence-corrected chi connectivity index (χ4v) is 3.73. The van der Waals surface area contributed by atoms with Crippen LogP contribution in [0, 0.1) is 5.82 Å². The van der Waals surface area contributed by atoms with Gasteiger partial charge in [0.15, 0.2) is 11.6 Å². The number of carbonyl (C=O) groups is 1. The summed E-state index contributed by atoms with van der Waals surface area (Å²) in [5, 5.41) is 9.12. The lowest BCUT2D eigenvalue weighted by atomic mass is 10.2. The van der Waals surface area contributed by atoms with Crippen LogP contribution in [-0.2, 0) is 4.79 Å². The normalized spacial score (nSPS) is 12.7. The van der Waals surface area contributed by atoms with E-state index in [1.54, 1.807) is 30.3 Å². The second-order valence-electron chi connectivity index (χ2n) is 6.04. The first-order chi connectivity index (χ1) is 14.0. The number of hydrogen-bond acceptors (Lipinski definition) is 7. The number of amides is 1. The number of nitrogens with zero attached hydrogens (tertiary/aromatic N) is 2. The van der Waals surface area contributed by atoms with Gasteiger partial charge in [-0.15, -0.1) is 11.8 Å². The molecule has 0 atom stereocenters. The van der Waals surface area contributed by atoms with E-state index >= 15 is 0 Å². The molecule has 0 aliphatic carbocycles. The van der Waals surface area contributed by atoms with Crippen molar-refractivity contribution in [1.82, 2.24) is 9.97 Å². The molecule has 1 aliphatic rings. The van der Waals surface area contributed by atoms with Crippen LogP contribution in [0.5, 0.6) is 5.75 Å². The van der Waals surface area contributed by atoms with Gasteiger partial charge in [0.1, 0.15) is 5.75 Å². The number of ether oxygens (including phenoxy) is 1. The van der Waals surface area contributed by atoms with Gasteiger partial charge in [-0.2, -0.15) is 4.98 Å². The Labute approximate surface area is 175 Å². The van der Waals surface area contributed by atoms with E-state index < -0.39 is 5.82 Å². The van der Waals surface area contributed by atoms with Crippen molar-refractivity contribution in [3.05, 3.63) is 53.4 Å². The monoisotopic (exact) mass is 431 g/mol. The molecular formula is C19H15ClFN5O2S. The Morgan fingerprint density at radius 1 is 1.21 bits per heavy atom. The second kappa shape index (κ2) is 8.14. The summed E-state index contributed by atoms with van der Waals surface area (Å²) in [5.74, 6) is 0.424. The molecular weight excluding hydrogens is 417 g/mol. The molecule has 2 heterocycles. The maximum Gasteiger partial charge on any atom is 0.234 e. The molecule has 0 spiro atoms. The number of thioether (sulfide) groups is 1. The van der Waals surface area contributed by atoms with Crippen molar-refractivity contribution < 1.29 is 13.9 Å². The third kappa shape index (κ3) is 4.36. The van der Waals surface area contributed by atoms with Gasteiger partial charge >= 0.3 is 0 Å². The molecule has 7 nitrogen and oxygen atoms in total. The van der Waals surface area contributed by atoms with Gasteiger partial charge < -0.3 is 20.7 Å². The van der Waals surface area contributed by atoms with Crippen molar-refractivity contribution >= 4 is 58.1 Å². The van der Waals surface area contributed by atoms with E-state index in [1.165, 1.54) is 18.9 Å². The van der Waals surface area contributed by atoms with E-state index in [-0.39, 0.29) is 17.7 Å². The highest BCUT2D eigenvalue weighted by Crippen LogP contribution is 2.34. The Kier molecular flexibility index (Phi) is 5.41. The molecule has 10 heteroatoms. The highest BCUT2D eigenvalue weighted by molar-refractivity contribution is 8.00. The molecule has 0 saturated heterocycles. The van der Waals surface area contributed by atoms with Gasteiger partial charge in [0.2, 0.25) is 11.9 Å². The van der Waals surface area contributed by atoms with Crippen LogP contribution in [0.1, 0.15) is 0 Å². The SMILES string of the molecule is COc1ccc(Nc2ncc(F)c(Nc3ccc4c(c3)NC(=O)CS4)n2)cc1Cl. The lowest BCUT2D eigenvalue weighted by molar-refractivity contribution is -0.113. The zero-order valence-corrected chi connectivity index (χ0v) is 16.7. The summed E-state index contributed by atoms with van der Waals surface area (Å²) in [7, 11) is 1.53. The summed E-state index contributed by atoms with van der Waals surface area (Å²) in [4.78, 5) is 20.7. The van der Waals surface area contributed by atoms with E-state index in [1.807, 2.05) is 6.07 Å². The van der Waals surface area contributed by atoms with Crippen molar-refractivity contribution in [2.45, 2.75) is 4.90 Å². The Hall–Kier alpha value is -3.04. The number of aromatic nitrogens is 2. The van der Waals surface area contributed by atoms with Gasteiger partial charge in [-0.05, 0) is 36.4 Å². The molecule has 29 heavy (non-hydrogen) atoms. The minimum absolute atomic E-state index is 0.00292. The van der Waals surface area contributed by atoms with Crippen LogP contribution in [0.15, 0.2) is 47.5 Å². The summed E-state index contributed by atoms with van der Waals surface area (Å²) in [6.07, 6.45) is 1.07. The largest absolute Gasteiger partial charge is 0.495 e. The van der Waals surface area contributed by atoms with Gasteiger partial charge in [-0.3, -0.25) is 4.79 Å². The van der Waals surface area contributed by atoms with Crippen LogP contribution in [0.4, 0.5) is 33.2 Å². The first kappa shape index (κ1) is 19.3. The molecule has 4 rings (SSSR count). The minimum atomic E-state index is -0.612. The lowest BCUT2D eigenvalue weighted by Gasteiger charge is -2.17. The zero-order chi connectivity index (χ0) is 20.4. The van der Waals surface area contributed by atoms with E-state index in [4.69, 9.17) is 16.3 Å². The molecule has 1 amide bonds. The molecule has 1 aromatic heterocycles. The average molecular weight is 432 g/mol. The zero-order valence-electron chi connectivity index (χ0n) is 15.1. The van der Waals surface area contributed by atoms with E-state index in [0.29, 0.717) is 33.6 Å². The predicted molar refractivity (Wildman–Crippen MR) is 112 cm³/mol. The number of carbonyl (C=O) groups excluding carboxylic acids is 1. The first-order valence-corrected chi connectivity index (χ1v) is 9.85. The number of nitrogens with one attached hydrogen (secondary N) is 3. The van der Waals surface area contributed by atoms with Gasteiger partial charge in [0, 0.05) is 16.3 Å². The second-order valence-corrected chi connectivity index (χ2v) is 7.46. The van der Waals surface area contributed by atoms with E-state index in [0.717, 1.165) is 11.1 Å². The highest BCUT2D eigenvalue weighted by Gasteiger charge is 2.16. The molecule has 0 fully saturated rings. The molecule has 0 saturated carbocycles. The maximum absolute atomic E-state index is 14.2. The lowest BCUT2D eigenvalue weighted by Crippen LogP contribution is -2.18. The van der Waals surface area contributed by atoms with Crippen LogP contribution in [-0.4, -0.2) is 28.7 Å². The van der Waals surface area contributed by atoms with Crippen molar-refractivity contribution in [3.8, 4) is 5.75 Å². The maximum atomic E-state index is 14.2. The van der Waals surface area contributed by atoms with Crippen molar-refractivity contribution in [1.29, 1.82) is 0 Å². The Morgan fingerprint density at radius 3 is 2.79 bits per heavy atom. The fourth-order valence-electron chi connectivity index (χ4n) is 2.69. The molecule has 0 unspecified atom stereocenters. The van der Waals surface area contributed by atoms with Crippen LogP contribution in [0.2, 0.25) is 5.02 Å². The standard InChI is InChI=1S/C19H15ClFN5O2S/c1-28-15-4-2-10(6-12(15)20)24-19-22-8-13(21)18(26-19)23-11-3-5-16-14(7-11)25-17(27)9-29-16/h2-8H,9H2,1H3,(H,25,27)(H2,22,23,24,26). The molecule has 3 N–H and O–H groups in total. The van der Waals surface area contributed by atoms with Crippen LogP contribution >= 0.6 is 23.4 Å². The summed E-state index contributed by atoms with van der Waals surface area (Å²) in [6.45, 7) is 0. The Morgan fingerprint density at radius 2 is 2.00 bits per heavy atom. The third-order valence-electron chi connectivity index (χ3n) is 4.03. The number of rotatable bonds is 5.